The molecule has 140 valence electrons. The highest BCUT2D eigenvalue weighted by Crippen LogP contribution is 2.19. The number of rotatable bonds is 4. The van der Waals surface area contributed by atoms with Crippen molar-refractivity contribution in [3.05, 3.63) is 53.2 Å². The lowest BCUT2D eigenvalue weighted by Gasteiger charge is -2.36. The van der Waals surface area contributed by atoms with E-state index in [2.05, 4.69) is 36.8 Å². The van der Waals surface area contributed by atoms with Crippen LogP contribution in [-0.4, -0.2) is 58.4 Å². The van der Waals surface area contributed by atoms with Gasteiger partial charge in [0.25, 0.3) is 0 Å². The molecule has 0 atom stereocenters. The average Bonchev–Trinajstić information content (AvgIpc) is 3.03. The highest BCUT2D eigenvalue weighted by atomic mass is 16.5. The fourth-order valence-electron chi connectivity index (χ4n) is 3.21. The molecule has 3 aromatic rings. The van der Waals surface area contributed by atoms with Gasteiger partial charge in [0.15, 0.2) is 5.65 Å². The Labute approximate surface area is 155 Å². The van der Waals surface area contributed by atoms with Crippen LogP contribution in [0.4, 0.5) is 11.5 Å². The number of aromatic nitrogens is 4. The molecule has 0 amide bonds. The molecule has 0 aliphatic carbocycles. The van der Waals surface area contributed by atoms with E-state index in [9.17, 15) is 9.59 Å². The van der Waals surface area contributed by atoms with Gasteiger partial charge in [-0.3, -0.25) is 4.79 Å². The molecule has 1 fully saturated rings. The molecule has 27 heavy (non-hydrogen) atoms. The number of hydrogen-bond donors (Lipinski definition) is 0. The molecule has 1 aliphatic rings. The van der Waals surface area contributed by atoms with E-state index in [1.807, 2.05) is 18.2 Å². The highest BCUT2D eigenvalue weighted by molar-refractivity contribution is 5.68. The van der Waals surface area contributed by atoms with Crippen molar-refractivity contribution in [1.82, 2.24) is 19.2 Å². The minimum Gasteiger partial charge on any atom is -0.468 e. The van der Waals surface area contributed by atoms with Crippen LogP contribution in [0.15, 0.2) is 47.5 Å². The van der Waals surface area contributed by atoms with Crippen molar-refractivity contribution in [2.75, 3.05) is 43.1 Å². The summed E-state index contributed by atoms with van der Waals surface area (Å²) < 4.78 is 7.00. The van der Waals surface area contributed by atoms with Crippen LogP contribution >= 0.6 is 0 Å². The van der Waals surface area contributed by atoms with E-state index in [4.69, 9.17) is 0 Å². The largest absolute Gasteiger partial charge is 0.468 e. The summed E-state index contributed by atoms with van der Waals surface area (Å²) in [4.78, 5) is 32.6. The van der Waals surface area contributed by atoms with Crippen molar-refractivity contribution < 1.29 is 9.53 Å². The number of fused-ring (bicyclic) bond motifs is 1. The zero-order valence-electron chi connectivity index (χ0n) is 15.0. The lowest BCUT2D eigenvalue weighted by atomic mass is 10.2. The van der Waals surface area contributed by atoms with Gasteiger partial charge in [-0.25, -0.2) is 18.9 Å². The number of piperazine rings is 1. The maximum Gasteiger partial charge on any atom is 0.352 e. The molecule has 1 aromatic carbocycles. The zero-order valence-corrected chi connectivity index (χ0v) is 15.0. The second-order valence-corrected chi connectivity index (χ2v) is 6.30. The van der Waals surface area contributed by atoms with Gasteiger partial charge in [-0.15, -0.1) is 5.10 Å². The van der Waals surface area contributed by atoms with Gasteiger partial charge in [0.1, 0.15) is 18.7 Å². The van der Waals surface area contributed by atoms with E-state index in [-0.39, 0.29) is 6.54 Å². The van der Waals surface area contributed by atoms with E-state index < -0.39 is 11.7 Å². The molecule has 0 spiro atoms. The summed E-state index contributed by atoms with van der Waals surface area (Å²) >= 11 is 0. The number of benzene rings is 1. The molecule has 0 saturated carbocycles. The highest BCUT2D eigenvalue weighted by Gasteiger charge is 2.19. The van der Waals surface area contributed by atoms with Gasteiger partial charge in [0.2, 0.25) is 0 Å². The summed E-state index contributed by atoms with van der Waals surface area (Å²) in [5, 5.41) is 4.21. The molecule has 1 aliphatic heterocycles. The van der Waals surface area contributed by atoms with E-state index >= 15 is 0 Å². The van der Waals surface area contributed by atoms with Gasteiger partial charge < -0.3 is 14.5 Å². The van der Waals surface area contributed by atoms with Gasteiger partial charge in [0, 0.05) is 37.9 Å². The number of methoxy groups -OCH3 is 1. The molecule has 2 aromatic heterocycles. The van der Waals surface area contributed by atoms with Crippen LogP contribution in [0.2, 0.25) is 0 Å². The molecule has 0 radical (unpaired) electrons. The van der Waals surface area contributed by atoms with E-state index in [0.717, 1.165) is 36.7 Å². The molecular formula is C18H20N6O3. The van der Waals surface area contributed by atoms with Crippen molar-refractivity contribution in [3.63, 3.8) is 0 Å². The van der Waals surface area contributed by atoms with E-state index in [1.165, 1.54) is 23.5 Å². The molecule has 4 rings (SSSR count). The smallest absolute Gasteiger partial charge is 0.352 e. The quantitative estimate of drug-likeness (QED) is 0.616. The second-order valence-electron chi connectivity index (χ2n) is 6.30. The first-order valence-corrected chi connectivity index (χ1v) is 8.72. The number of para-hydroxylation sites is 1. The van der Waals surface area contributed by atoms with Crippen LogP contribution in [0.1, 0.15) is 0 Å². The molecule has 1 saturated heterocycles. The zero-order chi connectivity index (χ0) is 18.8. The van der Waals surface area contributed by atoms with Crippen LogP contribution in [0.5, 0.6) is 0 Å². The van der Waals surface area contributed by atoms with Gasteiger partial charge in [-0.2, -0.15) is 0 Å². The van der Waals surface area contributed by atoms with Gasteiger partial charge in [-0.05, 0) is 12.1 Å². The minimum atomic E-state index is -0.522. The van der Waals surface area contributed by atoms with Crippen LogP contribution in [0.25, 0.3) is 5.65 Å². The van der Waals surface area contributed by atoms with Crippen LogP contribution in [-0.2, 0) is 16.1 Å². The lowest BCUT2D eigenvalue weighted by molar-refractivity contribution is -0.141. The first-order valence-electron chi connectivity index (χ1n) is 8.72. The molecule has 0 unspecified atom stereocenters. The summed E-state index contributed by atoms with van der Waals surface area (Å²) in [5.74, 6) is 0.246. The number of esters is 1. The Morgan fingerprint density at radius 1 is 1.11 bits per heavy atom. The third-order valence-electron chi connectivity index (χ3n) is 4.69. The van der Waals surface area contributed by atoms with Crippen LogP contribution < -0.4 is 15.5 Å². The Balaban J connectivity index is 1.51. The van der Waals surface area contributed by atoms with Crippen molar-refractivity contribution in [2.24, 2.45) is 0 Å². The Kier molecular flexibility index (Phi) is 4.49. The number of carbonyl (C=O) groups excluding carboxylic acids is 1. The Morgan fingerprint density at radius 2 is 1.81 bits per heavy atom. The number of carbonyl (C=O) groups is 1. The van der Waals surface area contributed by atoms with Crippen LogP contribution in [0, 0.1) is 0 Å². The Hall–Kier alpha value is -3.36. The molecule has 9 heteroatoms. The predicted octanol–water partition coefficient (Wildman–Crippen LogP) is 0.391. The number of ether oxygens (including phenoxy) is 1. The maximum absolute atomic E-state index is 12.3. The number of hydrogen-bond acceptors (Lipinski definition) is 7. The third kappa shape index (κ3) is 3.35. The molecule has 3 heterocycles. The summed E-state index contributed by atoms with van der Waals surface area (Å²) in [6, 6.07) is 12.1. The number of anilines is 2. The van der Waals surface area contributed by atoms with Crippen molar-refractivity contribution >= 4 is 23.1 Å². The van der Waals surface area contributed by atoms with Gasteiger partial charge in [0.05, 0.1) is 7.11 Å². The van der Waals surface area contributed by atoms with Crippen LogP contribution in [0.3, 0.4) is 0 Å². The SMILES string of the molecule is COC(=O)Cn1nc2cc(N3CCN(c4ccccc4)CC3)ncn2c1=O. The molecule has 9 nitrogen and oxygen atoms in total. The normalized spacial score (nSPS) is 14.6. The monoisotopic (exact) mass is 368 g/mol. The van der Waals surface area contributed by atoms with Gasteiger partial charge >= 0.3 is 11.7 Å². The van der Waals surface area contributed by atoms with E-state index in [0.29, 0.717) is 5.65 Å². The molecule has 0 bridgehead atoms. The topological polar surface area (TPSA) is 85.0 Å². The fourth-order valence-corrected chi connectivity index (χ4v) is 3.21. The lowest BCUT2D eigenvalue weighted by Crippen LogP contribution is -2.46. The molecular weight excluding hydrogens is 348 g/mol. The molecule has 0 N–H and O–H groups in total. The summed E-state index contributed by atoms with van der Waals surface area (Å²) in [6.45, 7) is 3.21. The predicted molar refractivity (Wildman–Crippen MR) is 100 cm³/mol. The average molecular weight is 368 g/mol. The summed E-state index contributed by atoms with van der Waals surface area (Å²) in [7, 11) is 1.28. The summed E-state index contributed by atoms with van der Waals surface area (Å²) in [5.41, 5.74) is 1.26. The van der Waals surface area contributed by atoms with Crippen molar-refractivity contribution in [1.29, 1.82) is 0 Å². The van der Waals surface area contributed by atoms with Crippen molar-refractivity contribution in [2.45, 2.75) is 6.54 Å². The Morgan fingerprint density at radius 3 is 2.52 bits per heavy atom. The van der Waals surface area contributed by atoms with Crippen molar-refractivity contribution in [3.8, 4) is 0 Å². The standard InChI is InChI=1S/C18H20N6O3/c1-27-17(25)12-24-18(26)23-13-19-15(11-16(23)20-24)22-9-7-21(8-10-22)14-5-3-2-4-6-14/h2-6,11,13H,7-10,12H2,1H3. The fraction of sp³-hybridized carbons (Fsp3) is 0.333. The summed E-state index contributed by atoms with van der Waals surface area (Å²) in [6.07, 6.45) is 1.46. The Bertz CT molecular complexity index is 1000. The number of nitrogens with zero attached hydrogens (tertiary/aromatic N) is 6. The van der Waals surface area contributed by atoms with Gasteiger partial charge in [-0.1, -0.05) is 18.2 Å². The third-order valence-corrected chi connectivity index (χ3v) is 4.69. The minimum absolute atomic E-state index is 0.220. The first kappa shape index (κ1) is 17.1. The maximum atomic E-state index is 12.3. The first-order chi connectivity index (χ1) is 13.2. The van der Waals surface area contributed by atoms with E-state index in [1.54, 1.807) is 6.07 Å². The second kappa shape index (κ2) is 7.10.